The lowest BCUT2D eigenvalue weighted by atomic mass is 10.1. The van der Waals surface area contributed by atoms with Crippen molar-refractivity contribution >= 4 is 40.0 Å². The Labute approximate surface area is 152 Å². The molecule has 0 aliphatic carbocycles. The topological polar surface area (TPSA) is 90.9 Å². The normalized spacial score (nSPS) is 12.3. The minimum Gasteiger partial charge on any atom is -0.459 e. The van der Waals surface area contributed by atoms with Crippen LogP contribution in [0.1, 0.15) is 29.1 Å². The minimum atomic E-state index is -0.303. The van der Waals surface area contributed by atoms with Gasteiger partial charge in [0.15, 0.2) is 4.77 Å². The zero-order valence-electron chi connectivity index (χ0n) is 13.8. The fourth-order valence-corrected chi connectivity index (χ4v) is 3.08. The molecular weight excluding hydrogens is 350 g/mol. The first-order valence-corrected chi connectivity index (χ1v) is 8.48. The fourth-order valence-electron chi connectivity index (χ4n) is 2.88. The summed E-state index contributed by atoms with van der Waals surface area (Å²) in [5, 5.41) is 4.34. The molecule has 6 nitrogen and oxygen atoms in total. The van der Waals surface area contributed by atoms with Crippen molar-refractivity contribution in [2.45, 2.75) is 13.0 Å². The summed E-state index contributed by atoms with van der Waals surface area (Å²) in [6, 6.07) is 14.1. The number of benzene rings is 2. The van der Waals surface area contributed by atoms with Crippen molar-refractivity contribution in [2.75, 3.05) is 0 Å². The first-order chi connectivity index (χ1) is 12.5. The molecule has 2 aromatic carbocycles. The van der Waals surface area contributed by atoms with Crippen LogP contribution in [0.4, 0.5) is 0 Å². The minimum absolute atomic E-state index is 0.218. The van der Waals surface area contributed by atoms with Gasteiger partial charge in [0.2, 0.25) is 0 Å². The Morgan fingerprint density at radius 3 is 2.77 bits per heavy atom. The number of hydrogen-bond acceptors (Lipinski definition) is 4. The Hall–Kier alpha value is -3.19. The van der Waals surface area contributed by atoms with Crippen molar-refractivity contribution in [3.63, 3.8) is 0 Å². The van der Waals surface area contributed by atoms with Crippen molar-refractivity contribution < 1.29 is 9.21 Å². The molecule has 26 heavy (non-hydrogen) atoms. The number of carbonyl (C=O) groups is 1. The lowest BCUT2D eigenvalue weighted by molar-refractivity contribution is 0.0936. The number of para-hydroxylation sites is 1. The maximum atomic E-state index is 12.6. The summed E-state index contributed by atoms with van der Waals surface area (Å²) < 4.78 is 6.01. The number of H-pyrrole nitrogens is 2. The van der Waals surface area contributed by atoms with Crippen LogP contribution in [0.2, 0.25) is 0 Å². The molecule has 1 atom stereocenters. The van der Waals surface area contributed by atoms with Gasteiger partial charge in [-0.05, 0) is 49.5 Å². The van der Waals surface area contributed by atoms with Crippen LogP contribution in [0.25, 0.3) is 21.9 Å². The van der Waals surface area contributed by atoms with Crippen LogP contribution in [0, 0.1) is 4.77 Å². The van der Waals surface area contributed by atoms with E-state index in [9.17, 15) is 9.59 Å². The Morgan fingerprint density at radius 1 is 1.15 bits per heavy atom. The van der Waals surface area contributed by atoms with E-state index in [0.29, 0.717) is 22.2 Å². The largest absolute Gasteiger partial charge is 0.459 e. The van der Waals surface area contributed by atoms with Crippen LogP contribution in [0.3, 0.4) is 0 Å². The van der Waals surface area contributed by atoms with Crippen LogP contribution < -0.4 is 10.9 Å². The maximum Gasteiger partial charge on any atom is 0.259 e. The molecule has 2 aromatic heterocycles. The van der Waals surface area contributed by atoms with Crippen molar-refractivity contribution in [3.8, 4) is 0 Å². The highest BCUT2D eigenvalue weighted by Crippen LogP contribution is 2.24. The van der Waals surface area contributed by atoms with E-state index in [0.717, 1.165) is 11.0 Å². The molecule has 4 aromatic rings. The quantitative estimate of drug-likeness (QED) is 0.481. The Morgan fingerprint density at radius 2 is 1.96 bits per heavy atom. The third kappa shape index (κ3) is 2.93. The number of amides is 1. The highest BCUT2D eigenvalue weighted by Gasteiger charge is 2.16. The molecule has 0 aliphatic heterocycles. The molecule has 0 saturated carbocycles. The van der Waals surface area contributed by atoms with Gasteiger partial charge in [-0.1, -0.05) is 18.2 Å². The second kappa shape index (κ2) is 6.27. The third-order valence-electron chi connectivity index (χ3n) is 4.22. The summed E-state index contributed by atoms with van der Waals surface area (Å²) in [4.78, 5) is 29.9. The lowest BCUT2D eigenvalue weighted by Crippen LogP contribution is -2.26. The summed E-state index contributed by atoms with van der Waals surface area (Å²) >= 11 is 4.98. The summed E-state index contributed by atoms with van der Waals surface area (Å²) in [6.45, 7) is 1.86. The second-order valence-corrected chi connectivity index (χ2v) is 6.46. The number of aromatic nitrogens is 2. The zero-order chi connectivity index (χ0) is 18.3. The van der Waals surface area contributed by atoms with Crippen molar-refractivity contribution in [1.82, 2.24) is 15.3 Å². The van der Waals surface area contributed by atoms with Gasteiger partial charge in [-0.2, -0.15) is 0 Å². The Kier molecular flexibility index (Phi) is 3.93. The van der Waals surface area contributed by atoms with Gasteiger partial charge in [0, 0.05) is 10.9 Å². The van der Waals surface area contributed by atoms with Gasteiger partial charge >= 0.3 is 0 Å². The number of aromatic amines is 2. The van der Waals surface area contributed by atoms with Gasteiger partial charge in [-0.15, -0.1) is 0 Å². The predicted molar refractivity (Wildman–Crippen MR) is 102 cm³/mol. The molecule has 0 spiro atoms. The number of carbonyl (C=O) groups excluding carboxylic acids is 1. The molecular formula is C19H15N3O3S. The number of hydrogen-bond donors (Lipinski definition) is 3. The molecule has 7 heteroatoms. The molecule has 1 amide bonds. The molecule has 130 valence electrons. The molecule has 1 unspecified atom stereocenters. The molecule has 2 heterocycles. The van der Waals surface area contributed by atoms with E-state index in [1.165, 1.54) is 0 Å². The molecule has 0 bridgehead atoms. The molecule has 0 fully saturated rings. The van der Waals surface area contributed by atoms with Gasteiger partial charge < -0.3 is 14.7 Å². The first-order valence-electron chi connectivity index (χ1n) is 8.07. The van der Waals surface area contributed by atoms with Gasteiger partial charge in [0.25, 0.3) is 11.5 Å². The summed E-state index contributed by atoms with van der Waals surface area (Å²) in [6.07, 6.45) is 0. The third-order valence-corrected chi connectivity index (χ3v) is 4.42. The van der Waals surface area contributed by atoms with E-state index in [2.05, 4.69) is 15.3 Å². The summed E-state index contributed by atoms with van der Waals surface area (Å²) in [5.41, 5.74) is 1.44. The fraction of sp³-hybridized carbons (Fsp3) is 0.105. The lowest BCUT2D eigenvalue weighted by Gasteiger charge is -2.11. The van der Waals surface area contributed by atoms with E-state index < -0.39 is 0 Å². The van der Waals surface area contributed by atoms with Gasteiger partial charge in [0.1, 0.15) is 11.3 Å². The van der Waals surface area contributed by atoms with Gasteiger partial charge in [0.05, 0.1) is 16.9 Å². The van der Waals surface area contributed by atoms with E-state index in [1.54, 1.807) is 18.2 Å². The molecule has 0 aliphatic rings. The SMILES string of the molecule is CC(NC(=O)c1ccc2c(=O)[nH]c(=S)[nH]c2c1)c1cc2ccccc2o1. The Balaban J connectivity index is 1.62. The van der Waals surface area contributed by atoms with Gasteiger partial charge in [-0.3, -0.25) is 14.6 Å². The maximum absolute atomic E-state index is 12.6. The van der Waals surface area contributed by atoms with Gasteiger partial charge in [-0.25, -0.2) is 0 Å². The van der Waals surface area contributed by atoms with E-state index >= 15 is 0 Å². The monoisotopic (exact) mass is 365 g/mol. The smallest absolute Gasteiger partial charge is 0.259 e. The highest BCUT2D eigenvalue weighted by atomic mass is 32.1. The van der Waals surface area contributed by atoms with E-state index in [-0.39, 0.29) is 22.3 Å². The molecule has 4 rings (SSSR count). The average molecular weight is 365 g/mol. The van der Waals surface area contributed by atoms with Crippen LogP contribution >= 0.6 is 12.2 Å². The highest BCUT2D eigenvalue weighted by molar-refractivity contribution is 7.71. The second-order valence-electron chi connectivity index (χ2n) is 6.05. The molecule has 0 radical (unpaired) electrons. The molecule has 3 N–H and O–H groups in total. The summed E-state index contributed by atoms with van der Waals surface area (Å²) in [5.74, 6) is 0.413. The standard InChI is InChI=1S/C19H15N3O3S/c1-10(16-9-11-4-2-3-5-15(11)25-16)20-17(23)12-6-7-13-14(8-12)21-19(26)22-18(13)24/h2-10H,1H3,(H,20,23)(H2,21,22,24,26). The number of fused-ring (bicyclic) bond motifs is 2. The Bertz CT molecular complexity index is 1220. The number of rotatable bonds is 3. The first kappa shape index (κ1) is 16.3. The van der Waals surface area contributed by atoms with Crippen molar-refractivity contribution in [3.05, 3.63) is 75.0 Å². The number of furan rings is 1. The van der Waals surface area contributed by atoms with Crippen LogP contribution in [0.5, 0.6) is 0 Å². The predicted octanol–water partition coefficient (Wildman–Crippen LogP) is 3.82. The van der Waals surface area contributed by atoms with Crippen molar-refractivity contribution in [1.29, 1.82) is 0 Å². The van der Waals surface area contributed by atoms with Crippen LogP contribution in [0.15, 0.2) is 57.7 Å². The van der Waals surface area contributed by atoms with E-state index in [4.69, 9.17) is 16.6 Å². The van der Waals surface area contributed by atoms with Crippen LogP contribution in [-0.2, 0) is 0 Å². The molecule has 0 saturated heterocycles. The summed E-state index contributed by atoms with van der Waals surface area (Å²) in [7, 11) is 0. The average Bonchev–Trinajstić information content (AvgIpc) is 3.05. The zero-order valence-corrected chi connectivity index (χ0v) is 14.6. The number of nitrogens with one attached hydrogen (secondary N) is 3. The van der Waals surface area contributed by atoms with E-state index in [1.807, 2.05) is 37.3 Å². The van der Waals surface area contributed by atoms with Crippen LogP contribution in [-0.4, -0.2) is 15.9 Å². The van der Waals surface area contributed by atoms with Crippen molar-refractivity contribution in [2.24, 2.45) is 0 Å².